The molecule has 7 nitrogen and oxygen atoms in total. The van der Waals surface area contributed by atoms with Gasteiger partial charge in [0.05, 0.1) is 11.5 Å². The highest BCUT2D eigenvalue weighted by atomic mass is 35.5. The monoisotopic (exact) mass is 402 g/mol. The van der Waals surface area contributed by atoms with Gasteiger partial charge in [0.2, 0.25) is 5.91 Å². The number of benzene rings is 2. The molecule has 28 heavy (non-hydrogen) atoms. The Hall–Kier alpha value is -2.64. The predicted molar refractivity (Wildman–Crippen MR) is 110 cm³/mol. The fourth-order valence-electron chi connectivity index (χ4n) is 3.22. The normalized spacial score (nSPS) is 14.7. The molecule has 0 radical (unpaired) electrons. The van der Waals surface area contributed by atoms with Crippen LogP contribution in [0.15, 0.2) is 42.5 Å². The molecule has 0 unspecified atom stereocenters. The summed E-state index contributed by atoms with van der Waals surface area (Å²) >= 11 is 5.89. The molecule has 1 saturated heterocycles. The number of piperazine rings is 1. The van der Waals surface area contributed by atoms with Gasteiger partial charge in [0.1, 0.15) is 5.69 Å². The third-order valence-corrected chi connectivity index (χ3v) is 5.06. The zero-order chi connectivity index (χ0) is 20.1. The van der Waals surface area contributed by atoms with E-state index < -0.39 is 4.92 Å². The van der Waals surface area contributed by atoms with Crippen molar-refractivity contribution >= 4 is 28.9 Å². The summed E-state index contributed by atoms with van der Waals surface area (Å²) < 4.78 is 0. The molecule has 1 amide bonds. The van der Waals surface area contributed by atoms with E-state index in [0.717, 1.165) is 5.56 Å². The number of nitrogens with zero attached hydrogens (tertiary/aromatic N) is 3. The first-order valence-corrected chi connectivity index (χ1v) is 9.53. The number of hydrogen-bond acceptors (Lipinski definition) is 5. The summed E-state index contributed by atoms with van der Waals surface area (Å²) in [5.74, 6) is -0.0218. The molecule has 1 aliphatic rings. The van der Waals surface area contributed by atoms with E-state index >= 15 is 0 Å². The van der Waals surface area contributed by atoms with E-state index in [9.17, 15) is 14.9 Å². The summed E-state index contributed by atoms with van der Waals surface area (Å²) in [4.78, 5) is 27.1. The van der Waals surface area contributed by atoms with Gasteiger partial charge in [0.15, 0.2) is 0 Å². The van der Waals surface area contributed by atoms with Crippen LogP contribution in [0.5, 0.6) is 0 Å². The third kappa shape index (κ3) is 5.21. The van der Waals surface area contributed by atoms with Crippen LogP contribution in [-0.4, -0.2) is 48.5 Å². The van der Waals surface area contributed by atoms with Crippen molar-refractivity contribution in [2.45, 2.75) is 13.5 Å². The van der Waals surface area contributed by atoms with Crippen molar-refractivity contribution in [3.05, 3.63) is 68.7 Å². The van der Waals surface area contributed by atoms with E-state index in [4.69, 9.17) is 11.6 Å². The van der Waals surface area contributed by atoms with Gasteiger partial charge in [-0.05, 0) is 24.6 Å². The van der Waals surface area contributed by atoms with E-state index in [1.165, 1.54) is 11.6 Å². The minimum atomic E-state index is -0.411. The van der Waals surface area contributed by atoms with Gasteiger partial charge in [0.25, 0.3) is 5.69 Å². The Labute approximate surface area is 169 Å². The topological polar surface area (TPSA) is 78.7 Å². The molecular weight excluding hydrogens is 380 g/mol. The lowest BCUT2D eigenvalue weighted by molar-refractivity contribution is -0.384. The molecule has 0 bridgehead atoms. The molecule has 2 aromatic rings. The van der Waals surface area contributed by atoms with Crippen LogP contribution >= 0.6 is 11.6 Å². The van der Waals surface area contributed by atoms with Crippen LogP contribution in [0.3, 0.4) is 0 Å². The predicted octanol–water partition coefficient (Wildman–Crippen LogP) is 3.00. The minimum absolute atomic E-state index is 0.0109. The molecule has 1 heterocycles. The maximum Gasteiger partial charge on any atom is 0.294 e. The average molecular weight is 403 g/mol. The molecule has 3 rings (SSSR count). The minimum Gasteiger partial charge on any atom is -0.363 e. The molecule has 0 aromatic heterocycles. The number of nitro groups is 1. The van der Waals surface area contributed by atoms with Crippen molar-refractivity contribution < 1.29 is 9.72 Å². The second-order valence-corrected chi connectivity index (χ2v) is 7.35. The first-order valence-electron chi connectivity index (χ1n) is 9.16. The summed E-state index contributed by atoms with van der Waals surface area (Å²) in [6.07, 6.45) is 0. The number of carbonyl (C=O) groups is 1. The Morgan fingerprint density at radius 1 is 1.14 bits per heavy atom. The number of aryl methyl sites for hydroxylation is 1. The van der Waals surface area contributed by atoms with Gasteiger partial charge in [-0.15, -0.1) is 0 Å². The summed E-state index contributed by atoms with van der Waals surface area (Å²) in [7, 11) is 0. The van der Waals surface area contributed by atoms with Gasteiger partial charge in [0, 0.05) is 43.8 Å². The molecule has 0 spiro atoms. The average Bonchev–Trinajstić information content (AvgIpc) is 2.68. The smallest absolute Gasteiger partial charge is 0.294 e. The van der Waals surface area contributed by atoms with Gasteiger partial charge in [-0.2, -0.15) is 0 Å². The Bertz CT molecular complexity index is 849. The van der Waals surface area contributed by atoms with Crippen LogP contribution < -0.4 is 10.2 Å². The van der Waals surface area contributed by atoms with Crippen LogP contribution in [0.1, 0.15) is 11.1 Å². The highest BCUT2D eigenvalue weighted by molar-refractivity contribution is 6.30. The van der Waals surface area contributed by atoms with Crippen molar-refractivity contribution in [2.24, 2.45) is 0 Å². The van der Waals surface area contributed by atoms with Crippen LogP contribution in [0.25, 0.3) is 0 Å². The highest BCUT2D eigenvalue weighted by Crippen LogP contribution is 2.31. The zero-order valence-corrected chi connectivity index (χ0v) is 16.5. The van der Waals surface area contributed by atoms with Crippen LogP contribution in [0, 0.1) is 17.0 Å². The van der Waals surface area contributed by atoms with Gasteiger partial charge >= 0.3 is 0 Å². The fourth-order valence-corrected chi connectivity index (χ4v) is 3.39. The number of carbonyl (C=O) groups excluding carboxylic acids is 1. The summed E-state index contributed by atoms with van der Waals surface area (Å²) in [6, 6.07) is 12.8. The molecule has 0 saturated carbocycles. The van der Waals surface area contributed by atoms with Crippen LogP contribution in [0.4, 0.5) is 11.4 Å². The first-order chi connectivity index (χ1) is 13.4. The van der Waals surface area contributed by atoms with E-state index in [1.54, 1.807) is 12.1 Å². The Morgan fingerprint density at radius 2 is 1.82 bits per heavy atom. The Kier molecular flexibility index (Phi) is 6.49. The summed E-state index contributed by atoms with van der Waals surface area (Å²) in [6.45, 7) is 5.43. The number of rotatable bonds is 6. The summed E-state index contributed by atoms with van der Waals surface area (Å²) in [5, 5.41) is 14.6. The van der Waals surface area contributed by atoms with E-state index in [-0.39, 0.29) is 11.6 Å². The molecule has 1 aliphatic heterocycles. The van der Waals surface area contributed by atoms with Gasteiger partial charge in [-0.3, -0.25) is 19.8 Å². The maximum atomic E-state index is 12.2. The Balaban J connectivity index is 1.49. The molecule has 1 fully saturated rings. The lowest BCUT2D eigenvalue weighted by atomic mass is 10.1. The maximum absolute atomic E-state index is 12.2. The standard InChI is InChI=1S/C20H23ClN4O3/c1-15-2-4-16(5-3-15)13-22-20(26)14-23-8-10-24(11-9-23)18-7-6-17(21)12-19(18)25(27)28/h2-7,12H,8-11,13-14H2,1H3,(H,22,26). The first kappa shape index (κ1) is 20.1. The molecule has 0 atom stereocenters. The van der Waals surface area contributed by atoms with Gasteiger partial charge < -0.3 is 10.2 Å². The molecule has 8 heteroatoms. The SMILES string of the molecule is Cc1ccc(CNC(=O)CN2CCN(c3ccc(Cl)cc3[N+](=O)[O-])CC2)cc1. The number of halogens is 1. The lowest BCUT2D eigenvalue weighted by Crippen LogP contribution is -2.49. The number of nitrogens with one attached hydrogen (secondary N) is 1. The quantitative estimate of drug-likeness (QED) is 0.593. The lowest BCUT2D eigenvalue weighted by Gasteiger charge is -2.35. The van der Waals surface area contributed by atoms with Crippen LogP contribution in [0.2, 0.25) is 5.02 Å². The number of anilines is 1. The van der Waals surface area contributed by atoms with Gasteiger partial charge in [-0.25, -0.2) is 0 Å². The van der Waals surface area contributed by atoms with Crippen molar-refractivity contribution in [1.82, 2.24) is 10.2 Å². The Morgan fingerprint density at radius 3 is 2.46 bits per heavy atom. The zero-order valence-electron chi connectivity index (χ0n) is 15.7. The second-order valence-electron chi connectivity index (χ2n) is 6.92. The van der Waals surface area contributed by atoms with Gasteiger partial charge in [-0.1, -0.05) is 41.4 Å². The molecule has 1 N–H and O–H groups in total. The molecular formula is C20H23ClN4O3. The second kappa shape index (κ2) is 9.03. The molecule has 0 aliphatic carbocycles. The largest absolute Gasteiger partial charge is 0.363 e. The van der Waals surface area contributed by atoms with E-state index in [0.29, 0.717) is 50.0 Å². The van der Waals surface area contributed by atoms with E-state index in [2.05, 4.69) is 10.2 Å². The van der Waals surface area contributed by atoms with E-state index in [1.807, 2.05) is 36.1 Å². The van der Waals surface area contributed by atoms with Crippen molar-refractivity contribution in [2.75, 3.05) is 37.6 Å². The number of nitro benzene ring substituents is 1. The molecule has 148 valence electrons. The van der Waals surface area contributed by atoms with Crippen LogP contribution in [-0.2, 0) is 11.3 Å². The number of amides is 1. The van der Waals surface area contributed by atoms with Crippen molar-refractivity contribution in [1.29, 1.82) is 0 Å². The summed E-state index contributed by atoms with van der Waals surface area (Å²) in [5.41, 5.74) is 2.84. The molecule has 2 aromatic carbocycles. The highest BCUT2D eigenvalue weighted by Gasteiger charge is 2.24. The fraction of sp³-hybridized carbons (Fsp3) is 0.350. The number of hydrogen-bond donors (Lipinski definition) is 1. The van der Waals surface area contributed by atoms with Crippen molar-refractivity contribution in [3.63, 3.8) is 0 Å². The third-order valence-electron chi connectivity index (χ3n) is 4.82. The van der Waals surface area contributed by atoms with Crippen molar-refractivity contribution in [3.8, 4) is 0 Å².